The molecule has 0 unspecified atom stereocenters. The van der Waals surface area contributed by atoms with Crippen molar-refractivity contribution in [3.63, 3.8) is 0 Å². The first-order chi connectivity index (χ1) is 65.8. The van der Waals surface area contributed by atoms with Crippen LogP contribution in [-0.2, 0) is 15.7 Å². The van der Waals surface area contributed by atoms with Gasteiger partial charge in [-0.2, -0.15) is 0 Å². The molecule has 0 N–H and O–H groups in total. The molecule has 658 valence electrons. The first-order valence-electron chi connectivity index (χ1n) is 44.7. The van der Waals surface area contributed by atoms with Crippen LogP contribution in [0.2, 0.25) is 0 Å². The van der Waals surface area contributed by atoms with Gasteiger partial charge in [0.2, 0.25) is 0 Å². The van der Waals surface area contributed by atoms with Crippen LogP contribution in [0.5, 0.6) is 0 Å². The third-order valence-corrected chi connectivity index (χ3v) is 29.9. The maximum atomic E-state index is 12.0. The van der Waals surface area contributed by atoms with Gasteiger partial charge in [-0.15, -0.1) is 0 Å². The Labute approximate surface area is 801 Å². The predicted octanol–water partition coefficient (Wildman–Crippen LogP) is 33.1. The first-order valence-corrected chi connectivity index (χ1v) is 47.7. The van der Waals surface area contributed by atoms with E-state index in [-0.39, 0.29) is 47.0 Å². The van der Waals surface area contributed by atoms with Crippen LogP contribution in [0.15, 0.2) is 439 Å². The van der Waals surface area contributed by atoms with Gasteiger partial charge in [-0.25, -0.2) is 0 Å². The van der Waals surface area contributed by atoms with E-state index in [0.717, 1.165) is 115 Å². The molecule has 0 saturated carbocycles. The Balaban J connectivity index is 0.0000000991. The molecule has 0 atom stereocenters. The zero-order valence-electron chi connectivity index (χ0n) is 73.7. The molecular weight excluding hydrogens is 1830 g/mol. The lowest BCUT2D eigenvalue weighted by atomic mass is 9.78. The summed E-state index contributed by atoms with van der Waals surface area (Å²) in [7, 11) is -0.812. The van der Waals surface area contributed by atoms with Crippen LogP contribution in [0.1, 0.15) is 46.2 Å². The largest absolute Gasteiger partial charge is 0.494 e. The molecule has 25 aromatic rings. The van der Waals surface area contributed by atoms with Crippen molar-refractivity contribution in [2.75, 3.05) is 0 Å². The maximum absolute atomic E-state index is 12.0. The van der Waals surface area contributed by atoms with Crippen LogP contribution in [0.4, 0.5) is 11.4 Å². The van der Waals surface area contributed by atoms with Crippen LogP contribution >= 0.6 is 39.8 Å². The fraction of sp³-hybridized carbons (Fsp3) is 0.0667. The molecular formula is C120H86BBr2N2O10P. The van der Waals surface area contributed by atoms with Crippen molar-refractivity contribution in [1.82, 2.24) is 0 Å². The van der Waals surface area contributed by atoms with Crippen molar-refractivity contribution in [3.05, 3.63) is 453 Å². The summed E-state index contributed by atoms with van der Waals surface area (Å²) in [5.41, 5.74) is 14.8. The summed E-state index contributed by atoms with van der Waals surface area (Å²) in [6.07, 6.45) is 0.963. The van der Waals surface area contributed by atoms with E-state index in [2.05, 4.69) is 326 Å². The number of fused-ring (bicyclic) bond motifs is 24. The average Bonchev–Trinajstić information content (AvgIpc) is 1.56. The van der Waals surface area contributed by atoms with Gasteiger partial charge >= 0.3 is 7.12 Å². The van der Waals surface area contributed by atoms with Gasteiger partial charge < -0.3 is 27.0 Å². The summed E-state index contributed by atoms with van der Waals surface area (Å²) in [4.78, 5) is 22.1. The molecule has 2 aliphatic rings. The van der Waals surface area contributed by atoms with Gasteiger partial charge in [-0.3, -0.25) is 20.2 Å². The molecule has 21 aromatic carbocycles. The minimum Gasteiger partial charge on any atom is -0.456 e. The summed E-state index contributed by atoms with van der Waals surface area (Å²) in [5.74, 6) is 0. The van der Waals surface area contributed by atoms with Gasteiger partial charge in [-0.05, 0) is 281 Å². The van der Waals surface area contributed by atoms with Crippen molar-refractivity contribution >= 4 is 243 Å². The molecule has 5 heterocycles. The number of halogens is 2. The monoisotopic (exact) mass is 1910 g/mol. The van der Waals surface area contributed by atoms with E-state index in [9.17, 15) is 20.2 Å². The van der Waals surface area contributed by atoms with Gasteiger partial charge in [0.05, 0.1) is 41.9 Å². The van der Waals surface area contributed by atoms with Crippen molar-refractivity contribution in [1.29, 1.82) is 0 Å². The second-order valence-electron chi connectivity index (χ2n) is 35.0. The standard InChI is InChI=1S/C27H16O.C26H15NO3.C22H21BO3.C18H15P.C16H9BrO.C10H6BrNO2.CH4/c1-2-7-18-14-26-24(13-17(18)6-1)27-23-15-22-19-8-4-3-5-16(19)9-10-20(22)21(23)11-12-25(27)28-26;28-27(29)26-20-8-4-3-5-16(20)9-11-21(26)19-10-12-24-22(14-19)23-13-17-6-1-2-7-18(17)15-25(23)30-24;1-21(2)22(3,4)26-23(25-21)16-9-10-19-18(13-16)17-11-14-7-5-6-8-15(14)12-20(17)24-19;1-4-10-16(11-5-1)19(17-12-6-2-7-13-17)18-14-8-3-9-15-18;17-12-5-6-15-14(9-12)13-7-10-3-1-2-4-11(10)8-16(13)18-15;11-9-6-5-7-3-1-2-4-8(7)10(9)12(13)14;/h1-14H,15H2;1-15H;5-13H,1-4H3;1-15H;1-9H;1-6H;1H4. The fourth-order valence-corrected chi connectivity index (χ4v) is 22.1. The van der Waals surface area contributed by atoms with Gasteiger partial charge in [0, 0.05) is 54.0 Å². The molecule has 4 aromatic heterocycles. The molecule has 1 fully saturated rings. The second kappa shape index (κ2) is 36.3. The average molecular weight is 1920 g/mol. The van der Waals surface area contributed by atoms with E-state index in [1.807, 2.05) is 121 Å². The maximum Gasteiger partial charge on any atom is 0.494 e. The van der Waals surface area contributed by atoms with E-state index in [1.54, 1.807) is 24.3 Å². The molecule has 0 bridgehead atoms. The quantitative estimate of drug-likeness (QED) is 0.0651. The summed E-state index contributed by atoms with van der Waals surface area (Å²) in [6, 6.07) is 141. The van der Waals surface area contributed by atoms with Crippen molar-refractivity contribution in [2.45, 2.75) is 52.7 Å². The molecule has 12 nitrogen and oxygen atoms in total. The lowest BCUT2D eigenvalue weighted by molar-refractivity contribution is -0.383. The Morgan fingerprint density at radius 1 is 0.287 bits per heavy atom. The van der Waals surface area contributed by atoms with E-state index in [4.69, 9.17) is 27.0 Å². The fourth-order valence-electron chi connectivity index (χ4n) is 19.0. The van der Waals surface area contributed by atoms with Crippen molar-refractivity contribution in [2.24, 2.45) is 0 Å². The number of nitro benzene ring substituents is 2. The molecule has 136 heavy (non-hydrogen) atoms. The first kappa shape index (κ1) is 87.5. The molecule has 0 amide bonds. The van der Waals surface area contributed by atoms with E-state index in [1.165, 1.54) is 97.4 Å². The van der Waals surface area contributed by atoms with E-state index < -0.39 is 7.92 Å². The number of nitrogens with zero attached hydrogens (tertiary/aromatic N) is 2. The van der Waals surface area contributed by atoms with Crippen LogP contribution in [-0.4, -0.2) is 28.2 Å². The van der Waals surface area contributed by atoms with Crippen LogP contribution in [0.25, 0.3) is 185 Å². The predicted molar refractivity (Wildman–Crippen MR) is 574 cm³/mol. The molecule has 1 aliphatic carbocycles. The molecule has 0 spiro atoms. The summed E-state index contributed by atoms with van der Waals surface area (Å²) in [6.45, 7) is 8.30. The number of furan rings is 4. The highest BCUT2D eigenvalue weighted by atomic mass is 79.9. The summed E-state index contributed by atoms with van der Waals surface area (Å²) in [5, 5.41) is 51.3. The lowest BCUT2D eigenvalue weighted by Crippen LogP contribution is -2.41. The zero-order valence-corrected chi connectivity index (χ0v) is 77.8. The van der Waals surface area contributed by atoms with Crippen LogP contribution in [0, 0.1) is 20.2 Å². The molecule has 1 saturated heterocycles. The molecule has 0 radical (unpaired) electrons. The second-order valence-corrected chi connectivity index (χ2v) is 39.0. The topological polar surface area (TPSA) is 157 Å². The minimum absolute atomic E-state index is 0. The molecule has 16 heteroatoms. The van der Waals surface area contributed by atoms with Gasteiger partial charge in [0.15, 0.2) is 0 Å². The van der Waals surface area contributed by atoms with Crippen molar-refractivity contribution < 1.29 is 36.8 Å². The highest BCUT2D eigenvalue weighted by Crippen LogP contribution is 2.49. The van der Waals surface area contributed by atoms with Crippen LogP contribution in [0.3, 0.4) is 0 Å². The smallest absolute Gasteiger partial charge is 0.456 e. The lowest BCUT2D eigenvalue weighted by Gasteiger charge is -2.32. The Hall–Kier alpha value is -15.2. The van der Waals surface area contributed by atoms with Gasteiger partial charge in [0.25, 0.3) is 11.4 Å². The number of nitro groups is 2. The summed E-state index contributed by atoms with van der Waals surface area (Å²) < 4.78 is 38.3. The number of hydrogen-bond acceptors (Lipinski definition) is 10. The van der Waals surface area contributed by atoms with Gasteiger partial charge in [-0.1, -0.05) is 321 Å². The Kier molecular flexibility index (Phi) is 23.4. The third kappa shape index (κ3) is 16.5. The Morgan fingerprint density at radius 2 is 0.618 bits per heavy atom. The van der Waals surface area contributed by atoms with Crippen molar-refractivity contribution in [3.8, 4) is 22.3 Å². The highest BCUT2D eigenvalue weighted by Gasteiger charge is 2.52. The van der Waals surface area contributed by atoms with E-state index >= 15 is 0 Å². The molecule has 27 rings (SSSR count). The summed E-state index contributed by atoms with van der Waals surface area (Å²) >= 11 is 6.69. The van der Waals surface area contributed by atoms with Crippen LogP contribution < -0.4 is 21.4 Å². The van der Waals surface area contributed by atoms with Gasteiger partial charge in [0.1, 0.15) is 44.7 Å². The number of rotatable bonds is 7. The third-order valence-electron chi connectivity index (χ3n) is 26.3. The number of benzene rings is 21. The highest BCUT2D eigenvalue weighted by molar-refractivity contribution is 9.10. The minimum atomic E-state index is -0.446. The number of hydrogen-bond donors (Lipinski definition) is 0. The zero-order chi connectivity index (χ0) is 91.7. The Bertz CT molecular complexity index is 8900. The molecule has 1 aliphatic heterocycles. The Morgan fingerprint density at radius 3 is 1.09 bits per heavy atom. The normalized spacial score (nSPS) is 12.9. The SMILES string of the molecule is Brc1ccc2oc3cc4ccccc4cc3c2c1.C.CC1(C)OB(c2ccc3oc4cc5ccccc5cc4c3c2)OC1(C)C.O=[N+]([O-])c1c(-c2ccc3oc4cc5ccccc5cc4c3c2)ccc2ccccc12.O=[N+]([O-])c1c(Br)ccc2ccccc12.c1ccc(P(c2ccccc2)c2ccccc2)cc1.c1ccc2cc3c(cc2c1)oc1ccc2c(c13)Cc1c-2ccc2ccccc12. The van der Waals surface area contributed by atoms with E-state index in [0.29, 0.717) is 20.8 Å².